The minimum Gasteiger partial charge on any atom is -0.479 e. The van der Waals surface area contributed by atoms with Gasteiger partial charge in [0.15, 0.2) is 6.10 Å². The van der Waals surface area contributed by atoms with Crippen molar-refractivity contribution in [3.8, 4) is 5.75 Å². The molecule has 0 saturated carbocycles. The molecule has 1 unspecified atom stereocenters. The third kappa shape index (κ3) is 5.14. The molecule has 0 fully saturated rings. The fourth-order valence-corrected chi connectivity index (χ4v) is 1.34. The molecular weight excluding hydrogens is 288 g/mol. The summed E-state index contributed by atoms with van der Waals surface area (Å²) in [6.45, 7) is 2.64. The molecule has 1 aromatic heterocycles. The van der Waals surface area contributed by atoms with Gasteiger partial charge in [0.2, 0.25) is 0 Å². The monoisotopic (exact) mass is 302 g/mol. The van der Waals surface area contributed by atoms with Crippen molar-refractivity contribution >= 4 is 21.8 Å². The van der Waals surface area contributed by atoms with E-state index >= 15 is 0 Å². The van der Waals surface area contributed by atoms with Crippen molar-refractivity contribution in [1.82, 2.24) is 10.3 Å². The van der Waals surface area contributed by atoms with Crippen molar-refractivity contribution in [1.29, 1.82) is 0 Å². The zero-order chi connectivity index (χ0) is 12.7. The second kappa shape index (κ2) is 7.24. The van der Waals surface area contributed by atoms with Gasteiger partial charge in [0.25, 0.3) is 5.91 Å². The Morgan fingerprint density at radius 3 is 2.94 bits per heavy atom. The van der Waals surface area contributed by atoms with Crippen LogP contribution in [0.2, 0.25) is 0 Å². The quantitative estimate of drug-likeness (QED) is 0.637. The molecule has 0 aliphatic rings. The minimum absolute atomic E-state index is 0.176. The number of aromatic nitrogens is 1. The molecule has 1 N–H and O–H groups in total. The summed E-state index contributed by atoms with van der Waals surface area (Å²) >= 11 is 3.22. The Kier molecular flexibility index (Phi) is 5.93. The van der Waals surface area contributed by atoms with Crippen LogP contribution in [0.1, 0.15) is 6.92 Å². The molecule has 5 nitrogen and oxygen atoms in total. The summed E-state index contributed by atoms with van der Waals surface area (Å²) in [7, 11) is 1.58. The van der Waals surface area contributed by atoms with Crippen molar-refractivity contribution < 1.29 is 14.3 Å². The van der Waals surface area contributed by atoms with Gasteiger partial charge < -0.3 is 14.8 Å². The van der Waals surface area contributed by atoms with Crippen LogP contribution in [0.5, 0.6) is 5.75 Å². The summed E-state index contributed by atoms with van der Waals surface area (Å²) in [6, 6.07) is 3.50. The van der Waals surface area contributed by atoms with Gasteiger partial charge in [0, 0.05) is 13.7 Å². The Balaban J connectivity index is 2.40. The Bertz CT molecular complexity index is 356. The van der Waals surface area contributed by atoms with Crippen molar-refractivity contribution in [2.45, 2.75) is 13.0 Å². The van der Waals surface area contributed by atoms with E-state index in [2.05, 4.69) is 26.2 Å². The Hall–Kier alpha value is -1.14. The molecule has 1 heterocycles. The van der Waals surface area contributed by atoms with E-state index in [1.54, 1.807) is 32.4 Å². The lowest BCUT2D eigenvalue weighted by molar-refractivity contribution is -0.127. The van der Waals surface area contributed by atoms with Crippen LogP contribution in [0.25, 0.3) is 0 Å². The van der Waals surface area contributed by atoms with Gasteiger partial charge >= 0.3 is 0 Å². The summed E-state index contributed by atoms with van der Waals surface area (Å²) < 4.78 is 11.0. The van der Waals surface area contributed by atoms with E-state index in [1.165, 1.54) is 0 Å². The van der Waals surface area contributed by atoms with Gasteiger partial charge in [-0.3, -0.25) is 4.79 Å². The van der Waals surface area contributed by atoms with E-state index < -0.39 is 6.10 Å². The van der Waals surface area contributed by atoms with Crippen molar-refractivity contribution in [3.05, 3.63) is 22.9 Å². The first-order valence-corrected chi connectivity index (χ1v) is 5.97. The number of carbonyl (C=O) groups excluding carboxylic acids is 1. The number of nitrogens with zero attached hydrogens (tertiary/aromatic N) is 1. The predicted octanol–water partition coefficient (Wildman–Crippen LogP) is 1.37. The lowest BCUT2D eigenvalue weighted by atomic mass is 10.3. The Labute approximate surface area is 109 Å². The molecule has 0 aliphatic carbocycles. The van der Waals surface area contributed by atoms with Crippen molar-refractivity contribution in [2.75, 3.05) is 20.3 Å². The van der Waals surface area contributed by atoms with Gasteiger partial charge in [-0.05, 0) is 35.0 Å². The SMILES string of the molecule is COCCNC(=O)C(C)Oc1ccc(Br)nc1. The maximum atomic E-state index is 11.6. The molecule has 94 valence electrons. The first-order valence-electron chi connectivity index (χ1n) is 5.18. The smallest absolute Gasteiger partial charge is 0.260 e. The zero-order valence-electron chi connectivity index (χ0n) is 9.77. The van der Waals surface area contributed by atoms with Crippen LogP contribution in [-0.2, 0) is 9.53 Å². The van der Waals surface area contributed by atoms with Gasteiger partial charge in [0.05, 0.1) is 12.8 Å². The number of nitrogens with one attached hydrogen (secondary N) is 1. The predicted molar refractivity (Wildman–Crippen MR) is 66.9 cm³/mol. The van der Waals surface area contributed by atoms with Crippen LogP contribution in [0.3, 0.4) is 0 Å². The minimum atomic E-state index is -0.560. The number of hydrogen-bond donors (Lipinski definition) is 1. The molecule has 0 bridgehead atoms. The second-order valence-electron chi connectivity index (χ2n) is 3.36. The van der Waals surface area contributed by atoms with Crippen LogP contribution in [0.15, 0.2) is 22.9 Å². The molecule has 1 atom stereocenters. The Morgan fingerprint density at radius 2 is 2.35 bits per heavy atom. The number of methoxy groups -OCH3 is 1. The summed E-state index contributed by atoms with van der Waals surface area (Å²) in [5, 5.41) is 2.70. The highest BCUT2D eigenvalue weighted by Gasteiger charge is 2.13. The average Bonchev–Trinajstić information content (AvgIpc) is 2.32. The third-order valence-electron chi connectivity index (χ3n) is 1.99. The van der Waals surface area contributed by atoms with Gasteiger partial charge in [-0.2, -0.15) is 0 Å². The topological polar surface area (TPSA) is 60.5 Å². The van der Waals surface area contributed by atoms with E-state index in [9.17, 15) is 4.79 Å². The molecule has 17 heavy (non-hydrogen) atoms. The zero-order valence-corrected chi connectivity index (χ0v) is 11.4. The lowest BCUT2D eigenvalue weighted by Gasteiger charge is -2.14. The van der Waals surface area contributed by atoms with Crippen LogP contribution in [-0.4, -0.2) is 37.3 Å². The number of pyridine rings is 1. The number of carbonyl (C=O) groups is 1. The van der Waals surface area contributed by atoms with Gasteiger partial charge in [-0.1, -0.05) is 0 Å². The van der Waals surface area contributed by atoms with Crippen molar-refractivity contribution in [3.63, 3.8) is 0 Å². The fourth-order valence-electron chi connectivity index (χ4n) is 1.11. The summed E-state index contributed by atoms with van der Waals surface area (Å²) in [4.78, 5) is 15.6. The van der Waals surface area contributed by atoms with Crippen LogP contribution in [0, 0.1) is 0 Å². The van der Waals surface area contributed by atoms with Crippen LogP contribution >= 0.6 is 15.9 Å². The van der Waals surface area contributed by atoms with Gasteiger partial charge in [-0.25, -0.2) is 4.98 Å². The van der Waals surface area contributed by atoms with E-state index in [0.29, 0.717) is 18.9 Å². The highest BCUT2D eigenvalue weighted by molar-refractivity contribution is 9.10. The first-order chi connectivity index (χ1) is 8.13. The largest absolute Gasteiger partial charge is 0.479 e. The number of ether oxygens (including phenoxy) is 2. The van der Waals surface area contributed by atoms with Crippen LogP contribution < -0.4 is 10.1 Å². The van der Waals surface area contributed by atoms with Crippen molar-refractivity contribution in [2.24, 2.45) is 0 Å². The lowest BCUT2D eigenvalue weighted by Crippen LogP contribution is -2.37. The molecule has 0 saturated heterocycles. The van der Waals surface area contributed by atoms with Crippen LogP contribution in [0.4, 0.5) is 0 Å². The number of amides is 1. The van der Waals surface area contributed by atoms with E-state index in [-0.39, 0.29) is 5.91 Å². The number of hydrogen-bond acceptors (Lipinski definition) is 4. The molecule has 0 aromatic carbocycles. The Morgan fingerprint density at radius 1 is 1.59 bits per heavy atom. The average molecular weight is 303 g/mol. The first kappa shape index (κ1) is 13.9. The maximum absolute atomic E-state index is 11.6. The molecule has 0 spiro atoms. The summed E-state index contributed by atoms with van der Waals surface area (Å²) in [5.74, 6) is 0.382. The second-order valence-corrected chi connectivity index (χ2v) is 4.17. The molecule has 0 aliphatic heterocycles. The standard InChI is InChI=1S/C11H15BrN2O3/c1-8(11(15)13-5-6-16-2)17-9-3-4-10(12)14-7-9/h3-4,7-8H,5-6H2,1-2H3,(H,13,15). The van der Waals surface area contributed by atoms with E-state index in [0.717, 1.165) is 4.60 Å². The molecule has 1 aromatic rings. The summed E-state index contributed by atoms with van der Waals surface area (Å²) in [5.41, 5.74) is 0. The number of rotatable bonds is 6. The van der Waals surface area contributed by atoms with Gasteiger partial charge in [0.1, 0.15) is 10.4 Å². The molecular formula is C11H15BrN2O3. The van der Waals surface area contributed by atoms with E-state index in [1.807, 2.05) is 0 Å². The molecule has 0 radical (unpaired) electrons. The third-order valence-corrected chi connectivity index (χ3v) is 2.46. The molecule has 1 amide bonds. The number of halogens is 1. The van der Waals surface area contributed by atoms with Gasteiger partial charge in [-0.15, -0.1) is 0 Å². The van der Waals surface area contributed by atoms with E-state index in [4.69, 9.17) is 9.47 Å². The summed E-state index contributed by atoms with van der Waals surface area (Å²) in [6.07, 6.45) is 0.998. The highest BCUT2D eigenvalue weighted by Crippen LogP contribution is 2.14. The normalized spacial score (nSPS) is 11.9. The highest BCUT2D eigenvalue weighted by atomic mass is 79.9. The fraction of sp³-hybridized carbons (Fsp3) is 0.455. The molecule has 1 rings (SSSR count). The maximum Gasteiger partial charge on any atom is 0.260 e. The molecule has 6 heteroatoms.